The van der Waals surface area contributed by atoms with E-state index >= 15 is 0 Å². The lowest BCUT2D eigenvalue weighted by atomic mass is 10.2. The number of nitrogens with zero attached hydrogens (tertiary/aromatic N) is 2. The van der Waals surface area contributed by atoms with Gasteiger partial charge >= 0.3 is 0 Å². The second-order valence-electron chi connectivity index (χ2n) is 5.74. The van der Waals surface area contributed by atoms with E-state index in [2.05, 4.69) is 15.5 Å². The Hall–Kier alpha value is -2.23. The number of nitrogens with two attached hydrogens (primary N) is 1. The molecule has 0 bridgehead atoms. The lowest BCUT2D eigenvalue weighted by Crippen LogP contribution is -2.22. The van der Waals surface area contributed by atoms with E-state index in [0.717, 1.165) is 23.2 Å². The molecule has 0 radical (unpaired) electrons. The molecular weight excluding hydrogens is 396 g/mol. The molecule has 0 fully saturated rings. The Kier molecular flexibility index (Phi) is 4.87. The number of aryl methyl sites for hydroxylation is 1. The van der Waals surface area contributed by atoms with Crippen LogP contribution in [0.1, 0.15) is 20.8 Å². The van der Waals surface area contributed by atoms with Crippen LogP contribution < -0.4 is 11.1 Å². The maximum Gasteiger partial charge on any atom is 0.263 e. The third-order valence-electron chi connectivity index (χ3n) is 3.85. The van der Waals surface area contributed by atoms with Gasteiger partial charge in [0.25, 0.3) is 5.91 Å². The molecule has 1 amide bonds. The van der Waals surface area contributed by atoms with Crippen molar-refractivity contribution in [2.75, 3.05) is 12.0 Å². The van der Waals surface area contributed by atoms with Gasteiger partial charge in [0.05, 0.1) is 10.6 Å². The minimum atomic E-state index is -3.25. The highest BCUT2D eigenvalue weighted by atomic mass is 35.5. The lowest BCUT2D eigenvalue weighted by molar-refractivity contribution is 0.0956. The van der Waals surface area contributed by atoms with E-state index < -0.39 is 9.84 Å². The number of fused-ring (bicyclic) bond motifs is 1. The molecule has 0 atom stereocenters. The van der Waals surface area contributed by atoms with Crippen LogP contribution in [0.3, 0.4) is 0 Å². The molecule has 3 aromatic rings. The number of carbonyl (C=O) groups excluding carboxylic acids is 1. The van der Waals surface area contributed by atoms with Gasteiger partial charge in [-0.15, -0.1) is 21.5 Å². The number of anilines is 1. The quantitative estimate of drug-likeness (QED) is 0.683. The Morgan fingerprint density at radius 3 is 2.54 bits per heavy atom. The van der Waals surface area contributed by atoms with Crippen LogP contribution in [-0.2, 0) is 16.4 Å². The van der Waals surface area contributed by atoms with E-state index in [-0.39, 0.29) is 22.5 Å². The summed E-state index contributed by atoms with van der Waals surface area (Å²) >= 11 is 7.11. The number of halogens is 1. The Bertz CT molecular complexity index is 1110. The van der Waals surface area contributed by atoms with Crippen molar-refractivity contribution in [1.29, 1.82) is 0 Å². The topological polar surface area (TPSA) is 115 Å². The Balaban J connectivity index is 1.80. The SMILES string of the molecule is Cc1c(Cl)nnc2sc(C(=O)NCc3ccc(S(C)(=O)=O)cc3)c(N)c12. The number of nitrogen functional groups attached to an aromatic ring is 1. The van der Waals surface area contributed by atoms with E-state index in [1.54, 1.807) is 19.1 Å². The van der Waals surface area contributed by atoms with Gasteiger partial charge in [-0.1, -0.05) is 23.7 Å². The summed E-state index contributed by atoms with van der Waals surface area (Å²) in [6.45, 7) is 2.01. The van der Waals surface area contributed by atoms with Crippen molar-refractivity contribution in [3.8, 4) is 0 Å². The molecule has 0 saturated heterocycles. The van der Waals surface area contributed by atoms with Crippen LogP contribution in [-0.4, -0.2) is 30.8 Å². The number of nitrogens with one attached hydrogen (secondary N) is 1. The molecular formula is C16H15ClN4O3S2. The zero-order valence-electron chi connectivity index (χ0n) is 13.9. The van der Waals surface area contributed by atoms with Gasteiger partial charge in [0.1, 0.15) is 9.71 Å². The molecule has 7 nitrogen and oxygen atoms in total. The summed E-state index contributed by atoms with van der Waals surface area (Å²) in [5.41, 5.74) is 7.88. The van der Waals surface area contributed by atoms with E-state index in [0.29, 0.717) is 26.3 Å². The number of benzene rings is 1. The zero-order valence-corrected chi connectivity index (χ0v) is 16.3. The monoisotopic (exact) mass is 410 g/mol. The number of thiophene rings is 1. The van der Waals surface area contributed by atoms with Crippen LogP contribution in [0.2, 0.25) is 5.15 Å². The van der Waals surface area contributed by atoms with Gasteiger partial charge in [-0.25, -0.2) is 8.42 Å². The van der Waals surface area contributed by atoms with Crippen LogP contribution in [0.25, 0.3) is 10.2 Å². The third kappa shape index (κ3) is 3.50. The molecule has 0 aliphatic carbocycles. The van der Waals surface area contributed by atoms with Crippen molar-refractivity contribution < 1.29 is 13.2 Å². The number of hydrogen-bond acceptors (Lipinski definition) is 7. The van der Waals surface area contributed by atoms with Crippen LogP contribution in [0.5, 0.6) is 0 Å². The maximum absolute atomic E-state index is 12.5. The van der Waals surface area contributed by atoms with Crippen molar-refractivity contribution in [3.63, 3.8) is 0 Å². The molecule has 0 saturated carbocycles. The molecule has 0 unspecified atom stereocenters. The summed E-state index contributed by atoms with van der Waals surface area (Å²) in [6.07, 6.45) is 1.14. The number of hydrogen-bond donors (Lipinski definition) is 2. The third-order valence-corrected chi connectivity index (χ3v) is 6.43. The van der Waals surface area contributed by atoms with Crippen molar-refractivity contribution >= 4 is 54.6 Å². The minimum absolute atomic E-state index is 0.229. The van der Waals surface area contributed by atoms with E-state index in [4.69, 9.17) is 17.3 Å². The average molecular weight is 411 g/mol. The van der Waals surface area contributed by atoms with Gasteiger partial charge < -0.3 is 11.1 Å². The lowest BCUT2D eigenvalue weighted by Gasteiger charge is -2.06. The largest absolute Gasteiger partial charge is 0.397 e. The van der Waals surface area contributed by atoms with Crippen molar-refractivity contribution in [3.05, 3.63) is 45.4 Å². The van der Waals surface area contributed by atoms with Crippen LogP contribution in [0.4, 0.5) is 5.69 Å². The van der Waals surface area contributed by atoms with Gasteiger partial charge in [0.15, 0.2) is 15.0 Å². The molecule has 3 rings (SSSR count). The van der Waals surface area contributed by atoms with Gasteiger partial charge in [-0.2, -0.15) is 0 Å². The zero-order chi connectivity index (χ0) is 19.1. The standard InChI is InChI=1S/C16H15ClN4O3S2/c1-8-11-12(18)13(25-16(11)21-20-14(8)17)15(22)19-7-9-3-5-10(6-4-9)26(2,23)24/h3-6H,7,18H2,1-2H3,(H,19,22). The Morgan fingerprint density at radius 2 is 1.92 bits per heavy atom. The highest BCUT2D eigenvalue weighted by Gasteiger charge is 2.20. The molecule has 0 aliphatic rings. The minimum Gasteiger partial charge on any atom is -0.397 e. The van der Waals surface area contributed by atoms with Crippen LogP contribution >= 0.6 is 22.9 Å². The Morgan fingerprint density at radius 1 is 1.27 bits per heavy atom. The van der Waals surface area contributed by atoms with E-state index in [1.807, 2.05) is 0 Å². The van der Waals surface area contributed by atoms with Crippen LogP contribution in [0, 0.1) is 6.92 Å². The smallest absolute Gasteiger partial charge is 0.263 e. The first-order valence-corrected chi connectivity index (χ1v) is 10.5. The van der Waals surface area contributed by atoms with Crippen molar-refractivity contribution in [2.24, 2.45) is 0 Å². The van der Waals surface area contributed by atoms with Gasteiger partial charge in [-0.3, -0.25) is 4.79 Å². The summed E-state index contributed by atoms with van der Waals surface area (Å²) in [7, 11) is -3.25. The fraction of sp³-hybridized carbons (Fsp3) is 0.188. The predicted octanol–water partition coefficient (Wildman–Crippen LogP) is 2.57. The summed E-state index contributed by atoms with van der Waals surface area (Å²) in [5.74, 6) is -0.340. The highest BCUT2D eigenvalue weighted by molar-refractivity contribution is 7.90. The van der Waals surface area contributed by atoms with Gasteiger partial charge in [0.2, 0.25) is 0 Å². The second kappa shape index (κ2) is 6.82. The maximum atomic E-state index is 12.5. The number of rotatable bonds is 4. The average Bonchev–Trinajstić information content (AvgIpc) is 2.93. The summed E-state index contributed by atoms with van der Waals surface area (Å²) in [6, 6.07) is 6.32. The first kappa shape index (κ1) is 18.6. The fourth-order valence-corrected chi connectivity index (χ4v) is 4.20. The van der Waals surface area contributed by atoms with Crippen molar-refractivity contribution in [1.82, 2.24) is 15.5 Å². The first-order chi connectivity index (χ1) is 12.2. The summed E-state index contributed by atoms with van der Waals surface area (Å²) in [5, 5.41) is 11.5. The molecule has 3 N–H and O–H groups in total. The molecule has 2 heterocycles. The number of carbonyl (C=O) groups is 1. The van der Waals surface area contributed by atoms with E-state index in [1.165, 1.54) is 12.1 Å². The van der Waals surface area contributed by atoms with E-state index in [9.17, 15) is 13.2 Å². The first-order valence-electron chi connectivity index (χ1n) is 7.46. The second-order valence-corrected chi connectivity index (χ2v) is 9.11. The molecule has 10 heteroatoms. The summed E-state index contributed by atoms with van der Waals surface area (Å²) in [4.78, 5) is 13.6. The summed E-state index contributed by atoms with van der Waals surface area (Å²) < 4.78 is 22.9. The number of sulfone groups is 1. The van der Waals surface area contributed by atoms with Gasteiger partial charge in [0, 0.05) is 23.8 Å². The molecule has 0 aliphatic heterocycles. The predicted molar refractivity (Wildman–Crippen MR) is 102 cm³/mol. The molecule has 136 valence electrons. The molecule has 2 aromatic heterocycles. The molecule has 0 spiro atoms. The number of amides is 1. The Labute approximate surface area is 159 Å². The normalized spacial score (nSPS) is 11.7. The highest BCUT2D eigenvalue weighted by Crippen LogP contribution is 2.35. The molecule has 1 aromatic carbocycles. The number of aromatic nitrogens is 2. The fourth-order valence-electron chi connectivity index (χ4n) is 2.42. The molecule has 26 heavy (non-hydrogen) atoms. The van der Waals surface area contributed by atoms with Gasteiger partial charge in [-0.05, 0) is 24.6 Å². The van der Waals surface area contributed by atoms with Crippen LogP contribution in [0.15, 0.2) is 29.2 Å². The van der Waals surface area contributed by atoms with Crippen molar-refractivity contribution in [2.45, 2.75) is 18.4 Å².